The molecule has 0 bridgehead atoms. The summed E-state index contributed by atoms with van der Waals surface area (Å²) in [6.07, 6.45) is 4.32. The summed E-state index contributed by atoms with van der Waals surface area (Å²) < 4.78 is 23.4. The zero-order valence-corrected chi connectivity index (χ0v) is 13.2. The number of rotatable bonds is 4. The van der Waals surface area contributed by atoms with Crippen molar-refractivity contribution in [3.8, 4) is 0 Å². The summed E-state index contributed by atoms with van der Waals surface area (Å²) in [5, 5.41) is 3.40. The lowest BCUT2D eigenvalue weighted by Crippen LogP contribution is -2.34. The summed E-state index contributed by atoms with van der Waals surface area (Å²) in [5.41, 5.74) is 2.36. The Kier molecular flexibility index (Phi) is 4.50. The van der Waals surface area contributed by atoms with Gasteiger partial charge in [-0.3, -0.25) is 4.90 Å². The molecule has 0 aliphatic carbocycles. The smallest absolute Gasteiger partial charge is 0.152 e. The van der Waals surface area contributed by atoms with E-state index >= 15 is 0 Å². The third-order valence-electron chi connectivity index (χ3n) is 4.37. The Morgan fingerprint density at radius 3 is 2.76 bits per heavy atom. The molecule has 2 fully saturated rings. The van der Waals surface area contributed by atoms with Crippen LogP contribution in [-0.4, -0.2) is 44.0 Å². The molecule has 4 nitrogen and oxygen atoms in total. The number of hydrogen-bond donors (Lipinski definition) is 1. The Labute approximate surface area is 127 Å². The highest BCUT2D eigenvalue weighted by Crippen LogP contribution is 2.20. The summed E-state index contributed by atoms with van der Waals surface area (Å²) >= 11 is 0. The molecule has 0 radical (unpaired) electrons. The number of benzene rings is 1. The molecule has 1 N–H and O–H groups in total. The van der Waals surface area contributed by atoms with Crippen molar-refractivity contribution >= 4 is 15.5 Å². The Morgan fingerprint density at radius 2 is 2.00 bits per heavy atom. The van der Waals surface area contributed by atoms with Gasteiger partial charge in [-0.05, 0) is 56.5 Å². The average Bonchev–Trinajstić information content (AvgIpc) is 2.91. The molecule has 1 aromatic carbocycles. The second-order valence-corrected chi connectivity index (χ2v) is 8.51. The lowest BCUT2D eigenvalue weighted by Gasteiger charge is -2.24. The van der Waals surface area contributed by atoms with Crippen LogP contribution >= 0.6 is 0 Å². The minimum Gasteiger partial charge on any atom is -0.381 e. The van der Waals surface area contributed by atoms with Gasteiger partial charge in [0.15, 0.2) is 9.84 Å². The van der Waals surface area contributed by atoms with Crippen LogP contribution in [0.3, 0.4) is 0 Å². The van der Waals surface area contributed by atoms with E-state index < -0.39 is 9.84 Å². The maximum atomic E-state index is 11.7. The predicted molar refractivity (Wildman–Crippen MR) is 86.3 cm³/mol. The van der Waals surface area contributed by atoms with E-state index in [9.17, 15) is 8.42 Å². The van der Waals surface area contributed by atoms with Crippen LogP contribution in [0.4, 0.5) is 5.69 Å². The molecule has 0 aromatic heterocycles. The molecule has 2 aliphatic heterocycles. The van der Waals surface area contributed by atoms with Gasteiger partial charge in [-0.15, -0.1) is 0 Å². The number of sulfone groups is 1. The van der Waals surface area contributed by atoms with Crippen molar-refractivity contribution in [3.05, 3.63) is 29.8 Å². The summed E-state index contributed by atoms with van der Waals surface area (Å²) in [4.78, 5) is 2.48. The topological polar surface area (TPSA) is 49.4 Å². The Morgan fingerprint density at radius 1 is 1.19 bits per heavy atom. The monoisotopic (exact) mass is 308 g/mol. The lowest BCUT2D eigenvalue weighted by molar-refractivity contribution is 0.331. The first-order valence-electron chi connectivity index (χ1n) is 7.89. The third-order valence-corrected chi connectivity index (χ3v) is 6.19. The maximum Gasteiger partial charge on any atom is 0.152 e. The van der Waals surface area contributed by atoms with E-state index in [1.54, 1.807) is 0 Å². The molecule has 0 saturated carbocycles. The fraction of sp³-hybridized carbons (Fsp3) is 0.625. The number of anilines is 1. The Hall–Kier alpha value is -1.07. The largest absolute Gasteiger partial charge is 0.381 e. The molecule has 2 aliphatic rings. The van der Waals surface area contributed by atoms with Crippen molar-refractivity contribution in [2.75, 3.05) is 29.9 Å². The average molecular weight is 308 g/mol. The SMILES string of the molecule is O=S1(=O)CCCC(Nc2cccc(CN3CCCC3)c2)C1. The molecule has 2 heterocycles. The molecule has 0 amide bonds. The Balaban J connectivity index is 1.62. The minimum atomic E-state index is -2.85. The van der Waals surface area contributed by atoms with Gasteiger partial charge in [0, 0.05) is 18.3 Å². The first kappa shape index (κ1) is 14.9. The second-order valence-electron chi connectivity index (χ2n) is 6.28. The quantitative estimate of drug-likeness (QED) is 0.927. The van der Waals surface area contributed by atoms with E-state index in [1.807, 2.05) is 6.07 Å². The van der Waals surface area contributed by atoms with Crippen molar-refractivity contribution in [1.82, 2.24) is 4.90 Å². The molecule has 1 aromatic rings. The number of nitrogens with zero attached hydrogens (tertiary/aromatic N) is 1. The molecule has 3 rings (SSSR count). The first-order chi connectivity index (χ1) is 10.1. The second kappa shape index (κ2) is 6.36. The highest BCUT2D eigenvalue weighted by Gasteiger charge is 2.24. The van der Waals surface area contributed by atoms with Gasteiger partial charge in [-0.25, -0.2) is 8.42 Å². The van der Waals surface area contributed by atoms with Gasteiger partial charge in [0.2, 0.25) is 0 Å². The number of nitrogens with one attached hydrogen (secondary N) is 1. The van der Waals surface area contributed by atoms with Crippen LogP contribution in [0.25, 0.3) is 0 Å². The minimum absolute atomic E-state index is 0.0609. The van der Waals surface area contributed by atoms with Crippen molar-refractivity contribution in [2.45, 2.75) is 38.3 Å². The van der Waals surface area contributed by atoms with Gasteiger partial charge in [-0.2, -0.15) is 0 Å². The normalized spacial score (nSPS) is 25.8. The fourth-order valence-electron chi connectivity index (χ4n) is 3.33. The summed E-state index contributed by atoms with van der Waals surface area (Å²) in [6, 6.07) is 8.48. The molecule has 1 unspecified atom stereocenters. The zero-order chi connectivity index (χ0) is 14.7. The third kappa shape index (κ3) is 4.20. The van der Waals surface area contributed by atoms with Gasteiger partial charge >= 0.3 is 0 Å². The van der Waals surface area contributed by atoms with Gasteiger partial charge < -0.3 is 5.32 Å². The van der Waals surface area contributed by atoms with Crippen LogP contribution in [0.15, 0.2) is 24.3 Å². The molecule has 5 heteroatoms. The van der Waals surface area contributed by atoms with Gasteiger partial charge in [0.05, 0.1) is 11.5 Å². The van der Waals surface area contributed by atoms with Gasteiger partial charge in [0.1, 0.15) is 0 Å². The van der Waals surface area contributed by atoms with Crippen LogP contribution in [0.2, 0.25) is 0 Å². The molecule has 1 atom stereocenters. The van der Waals surface area contributed by atoms with Gasteiger partial charge in [0.25, 0.3) is 0 Å². The van der Waals surface area contributed by atoms with Crippen molar-refractivity contribution in [3.63, 3.8) is 0 Å². The molecule has 2 saturated heterocycles. The number of likely N-dealkylation sites (tertiary alicyclic amines) is 1. The van der Waals surface area contributed by atoms with Crippen LogP contribution in [0, 0.1) is 0 Å². The Bertz CT molecular complexity index is 580. The molecule has 0 spiro atoms. The van der Waals surface area contributed by atoms with E-state index in [-0.39, 0.29) is 11.8 Å². The van der Waals surface area contributed by atoms with Crippen molar-refractivity contribution < 1.29 is 8.42 Å². The maximum absolute atomic E-state index is 11.7. The summed E-state index contributed by atoms with van der Waals surface area (Å²) in [5.74, 6) is 0.615. The van der Waals surface area contributed by atoms with E-state index in [1.165, 1.54) is 31.5 Å². The predicted octanol–water partition coefficient (Wildman–Crippen LogP) is 2.27. The van der Waals surface area contributed by atoms with E-state index in [2.05, 4.69) is 28.4 Å². The van der Waals surface area contributed by atoms with Crippen LogP contribution < -0.4 is 5.32 Å². The van der Waals surface area contributed by atoms with Crippen LogP contribution in [-0.2, 0) is 16.4 Å². The van der Waals surface area contributed by atoms with Crippen LogP contribution in [0.1, 0.15) is 31.2 Å². The highest BCUT2D eigenvalue weighted by atomic mass is 32.2. The van der Waals surface area contributed by atoms with E-state index in [0.29, 0.717) is 5.75 Å². The fourth-order valence-corrected chi connectivity index (χ4v) is 4.97. The molecule has 116 valence electrons. The molecular weight excluding hydrogens is 284 g/mol. The standard InChI is InChI=1S/C16H24N2O2S/c19-21(20)10-4-7-16(13-21)17-15-6-3-5-14(11-15)12-18-8-1-2-9-18/h3,5-6,11,16-17H,1-2,4,7-10,12-13H2. The van der Waals surface area contributed by atoms with Crippen LogP contribution in [0.5, 0.6) is 0 Å². The zero-order valence-electron chi connectivity index (χ0n) is 12.4. The first-order valence-corrected chi connectivity index (χ1v) is 9.71. The lowest BCUT2D eigenvalue weighted by atomic mass is 10.1. The molecule has 21 heavy (non-hydrogen) atoms. The van der Waals surface area contributed by atoms with E-state index in [0.717, 1.165) is 25.1 Å². The highest BCUT2D eigenvalue weighted by molar-refractivity contribution is 7.91. The number of hydrogen-bond acceptors (Lipinski definition) is 4. The van der Waals surface area contributed by atoms with E-state index in [4.69, 9.17) is 0 Å². The summed E-state index contributed by atoms with van der Waals surface area (Å²) in [7, 11) is -2.85. The van der Waals surface area contributed by atoms with Crippen molar-refractivity contribution in [1.29, 1.82) is 0 Å². The molecular formula is C16H24N2O2S. The summed E-state index contributed by atoms with van der Waals surface area (Å²) in [6.45, 7) is 3.38. The van der Waals surface area contributed by atoms with Crippen molar-refractivity contribution in [2.24, 2.45) is 0 Å². The van der Waals surface area contributed by atoms with Gasteiger partial charge in [-0.1, -0.05) is 12.1 Å².